The minimum absolute atomic E-state index is 0.157. The number of nitrogens with zero attached hydrogens (tertiary/aromatic N) is 1. The zero-order chi connectivity index (χ0) is 20.2. The Hall–Kier alpha value is -2.34. The van der Waals surface area contributed by atoms with Crippen LogP contribution in [0.25, 0.3) is 0 Å². The third-order valence-electron chi connectivity index (χ3n) is 4.65. The Morgan fingerprint density at radius 2 is 1.78 bits per heavy atom. The molecule has 2 aromatic rings. The lowest BCUT2D eigenvalue weighted by Gasteiger charge is -2.24. The second-order valence-corrected chi connectivity index (χ2v) is 8.89. The number of hydrogen-bond acceptors (Lipinski definition) is 3. The predicted octanol–water partition coefficient (Wildman–Crippen LogP) is 3.65. The normalized spacial score (nSPS) is 12.5. The molecule has 0 bridgehead atoms. The molecule has 0 aliphatic rings. The number of aryl methyl sites for hydroxylation is 3. The van der Waals surface area contributed by atoms with Crippen LogP contribution in [0.4, 0.5) is 5.69 Å². The molecule has 0 fully saturated rings. The molecule has 27 heavy (non-hydrogen) atoms. The van der Waals surface area contributed by atoms with Crippen LogP contribution >= 0.6 is 0 Å². The van der Waals surface area contributed by atoms with Gasteiger partial charge in [-0.3, -0.25) is 9.10 Å². The number of carbonyl (C=O) groups is 1. The highest BCUT2D eigenvalue weighted by molar-refractivity contribution is 7.92. The molecule has 0 radical (unpaired) electrons. The SMILES string of the molecule is CCC(NC(=O)CN(c1cccc(C)c1)S(C)(=O)=O)c1ccc(C)c(C)c1. The van der Waals surface area contributed by atoms with E-state index in [1.807, 2.05) is 45.9 Å². The van der Waals surface area contributed by atoms with E-state index in [0.717, 1.165) is 33.7 Å². The fourth-order valence-electron chi connectivity index (χ4n) is 2.96. The number of amides is 1. The van der Waals surface area contributed by atoms with Gasteiger partial charge in [-0.2, -0.15) is 0 Å². The number of anilines is 1. The van der Waals surface area contributed by atoms with E-state index < -0.39 is 10.0 Å². The van der Waals surface area contributed by atoms with E-state index in [2.05, 4.69) is 11.4 Å². The van der Waals surface area contributed by atoms with Crippen molar-refractivity contribution in [2.24, 2.45) is 0 Å². The van der Waals surface area contributed by atoms with Crippen LogP contribution in [-0.4, -0.2) is 27.1 Å². The monoisotopic (exact) mass is 388 g/mol. The van der Waals surface area contributed by atoms with Crippen LogP contribution in [0.15, 0.2) is 42.5 Å². The zero-order valence-electron chi connectivity index (χ0n) is 16.6. The lowest BCUT2D eigenvalue weighted by molar-refractivity contribution is -0.120. The third kappa shape index (κ3) is 5.57. The maximum absolute atomic E-state index is 12.6. The second-order valence-electron chi connectivity index (χ2n) is 6.98. The number of benzene rings is 2. The average Bonchev–Trinajstić information content (AvgIpc) is 2.59. The molecule has 0 heterocycles. The van der Waals surface area contributed by atoms with E-state index >= 15 is 0 Å². The molecule has 2 aromatic carbocycles. The Balaban J connectivity index is 2.20. The van der Waals surface area contributed by atoms with Crippen molar-refractivity contribution in [3.63, 3.8) is 0 Å². The van der Waals surface area contributed by atoms with Gasteiger partial charge in [0.1, 0.15) is 6.54 Å². The predicted molar refractivity (Wildman–Crippen MR) is 110 cm³/mol. The number of hydrogen-bond donors (Lipinski definition) is 1. The molecular formula is C21H28N2O3S. The third-order valence-corrected chi connectivity index (χ3v) is 5.79. The van der Waals surface area contributed by atoms with Gasteiger partial charge in [-0.25, -0.2) is 8.42 Å². The van der Waals surface area contributed by atoms with Crippen LogP contribution < -0.4 is 9.62 Å². The van der Waals surface area contributed by atoms with Crippen LogP contribution in [0.3, 0.4) is 0 Å². The maximum atomic E-state index is 12.6. The van der Waals surface area contributed by atoms with Crippen LogP contribution in [0.1, 0.15) is 41.6 Å². The maximum Gasteiger partial charge on any atom is 0.241 e. The summed E-state index contributed by atoms with van der Waals surface area (Å²) < 4.78 is 25.6. The number of carbonyl (C=O) groups excluding carboxylic acids is 1. The highest BCUT2D eigenvalue weighted by atomic mass is 32.2. The molecule has 146 valence electrons. The minimum atomic E-state index is -3.58. The molecule has 0 spiro atoms. The molecule has 1 N–H and O–H groups in total. The van der Waals surface area contributed by atoms with E-state index in [1.54, 1.807) is 18.2 Å². The first kappa shape index (κ1) is 21.0. The van der Waals surface area contributed by atoms with Crippen molar-refractivity contribution >= 4 is 21.6 Å². The summed E-state index contributed by atoms with van der Waals surface area (Å²) in [6.45, 7) is 7.72. The van der Waals surface area contributed by atoms with Gasteiger partial charge in [0.05, 0.1) is 18.0 Å². The van der Waals surface area contributed by atoms with E-state index in [0.29, 0.717) is 5.69 Å². The molecule has 0 saturated carbocycles. The summed E-state index contributed by atoms with van der Waals surface area (Å²) in [7, 11) is -3.58. The molecule has 1 atom stereocenters. The number of sulfonamides is 1. The molecule has 1 unspecified atom stereocenters. The van der Waals surface area contributed by atoms with Crippen LogP contribution in [-0.2, 0) is 14.8 Å². The quantitative estimate of drug-likeness (QED) is 0.787. The van der Waals surface area contributed by atoms with Crippen LogP contribution in [0.2, 0.25) is 0 Å². The summed E-state index contributed by atoms with van der Waals surface area (Å²) in [5.41, 5.74) is 4.81. The number of rotatable bonds is 7. The molecule has 0 aliphatic carbocycles. The molecule has 0 aromatic heterocycles. The average molecular weight is 389 g/mol. The lowest BCUT2D eigenvalue weighted by Crippen LogP contribution is -2.41. The van der Waals surface area contributed by atoms with E-state index in [-0.39, 0.29) is 18.5 Å². The van der Waals surface area contributed by atoms with E-state index in [9.17, 15) is 13.2 Å². The fourth-order valence-corrected chi connectivity index (χ4v) is 3.80. The molecule has 0 aliphatic heterocycles. The highest BCUT2D eigenvalue weighted by Gasteiger charge is 2.22. The largest absolute Gasteiger partial charge is 0.348 e. The van der Waals surface area contributed by atoms with E-state index in [4.69, 9.17) is 0 Å². The first-order valence-corrected chi connectivity index (χ1v) is 10.9. The van der Waals surface area contributed by atoms with Gasteiger partial charge in [-0.15, -0.1) is 0 Å². The molecular weight excluding hydrogens is 360 g/mol. The fraction of sp³-hybridized carbons (Fsp3) is 0.381. The summed E-state index contributed by atoms with van der Waals surface area (Å²) in [6.07, 6.45) is 1.83. The molecule has 0 saturated heterocycles. The Bertz CT molecular complexity index is 923. The second kappa shape index (κ2) is 8.57. The van der Waals surface area contributed by atoms with Crippen molar-refractivity contribution in [2.75, 3.05) is 17.1 Å². The molecule has 2 rings (SSSR count). The highest BCUT2D eigenvalue weighted by Crippen LogP contribution is 2.21. The zero-order valence-corrected chi connectivity index (χ0v) is 17.4. The van der Waals surface area contributed by atoms with Gasteiger partial charge in [0.2, 0.25) is 15.9 Å². The minimum Gasteiger partial charge on any atom is -0.348 e. The van der Waals surface area contributed by atoms with Gasteiger partial charge in [0, 0.05) is 0 Å². The molecule has 1 amide bonds. The standard InChI is InChI=1S/C21H28N2O3S/c1-6-20(18-11-10-16(3)17(4)13-18)22-21(24)14-23(27(5,25)26)19-9-7-8-15(2)12-19/h7-13,20H,6,14H2,1-5H3,(H,22,24). The van der Waals surface area contributed by atoms with Crippen molar-refractivity contribution in [2.45, 2.75) is 40.2 Å². The van der Waals surface area contributed by atoms with Crippen molar-refractivity contribution < 1.29 is 13.2 Å². The Kier molecular flexibility index (Phi) is 6.65. The number of nitrogens with one attached hydrogen (secondary N) is 1. The summed E-state index contributed by atoms with van der Waals surface area (Å²) >= 11 is 0. The molecule has 5 nitrogen and oxygen atoms in total. The lowest BCUT2D eigenvalue weighted by atomic mass is 9.99. The van der Waals surface area contributed by atoms with Gasteiger partial charge in [-0.05, 0) is 61.6 Å². The first-order chi connectivity index (χ1) is 12.6. The van der Waals surface area contributed by atoms with Crippen molar-refractivity contribution in [1.29, 1.82) is 0 Å². The Morgan fingerprint density at radius 1 is 1.07 bits per heavy atom. The van der Waals surface area contributed by atoms with Gasteiger partial charge >= 0.3 is 0 Å². The van der Waals surface area contributed by atoms with Gasteiger partial charge in [0.15, 0.2) is 0 Å². The van der Waals surface area contributed by atoms with Crippen molar-refractivity contribution in [3.8, 4) is 0 Å². The summed E-state index contributed by atoms with van der Waals surface area (Å²) in [4.78, 5) is 12.6. The van der Waals surface area contributed by atoms with Gasteiger partial charge in [0.25, 0.3) is 0 Å². The topological polar surface area (TPSA) is 66.5 Å². The van der Waals surface area contributed by atoms with Crippen molar-refractivity contribution in [1.82, 2.24) is 5.32 Å². The van der Waals surface area contributed by atoms with Crippen LogP contribution in [0, 0.1) is 20.8 Å². The van der Waals surface area contributed by atoms with Gasteiger partial charge < -0.3 is 5.32 Å². The summed E-state index contributed by atoms with van der Waals surface area (Å²) in [6, 6.07) is 13.1. The van der Waals surface area contributed by atoms with Crippen molar-refractivity contribution in [3.05, 3.63) is 64.7 Å². The summed E-state index contributed by atoms with van der Waals surface area (Å²) in [5.74, 6) is -0.327. The molecule has 6 heteroatoms. The summed E-state index contributed by atoms with van der Waals surface area (Å²) in [5, 5.41) is 2.97. The van der Waals surface area contributed by atoms with Gasteiger partial charge in [-0.1, -0.05) is 37.3 Å². The van der Waals surface area contributed by atoms with Crippen LogP contribution in [0.5, 0.6) is 0 Å². The Morgan fingerprint density at radius 3 is 2.33 bits per heavy atom. The smallest absolute Gasteiger partial charge is 0.241 e. The van der Waals surface area contributed by atoms with E-state index in [1.165, 1.54) is 5.56 Å². The Labute approximate surface area is 162 Å². The first-order valence-electron chi connectivity index (χ1n) is 9.02.